The Kier molecular flexibility index (Phi) is 3.63. The lowest BCUT2D eigenvalue weighted by molar-refractivity contribution is -0.263. The highest BCUT2D eigenvalue weighted by Gasteiger charge is 2.56. The summed E-state index contributed by atoms with van der Waals surface area (Å²) in [4.78, 5) is 10.7. The monoisotopic (exact) mass is 222 g/mol. The fourth-order valence-corrected chi connectivity index (χ4v) is 1.50. The predicted octanol–water partition coefficient (Wildman–Crippen LogP) is -2.65. The molecule has 4 N–H and O–H groups in total. The van der Waals surface area contributed by atoms with Crippen molar-refractivity contribution < 1.29 is 34.7 Å². The molecule has 0 radical (unpaired) electrons. The average molecular weight is 222 g/mol. The second-order valence-corrected chi connectivity index (χ2v) is 3.34. The van der Waals surface area contributed by atoms with Crippen LogP contribution in [0.5, 0.6) is 0 Å². The van der Waals surface area contributed by atoms with Crippen LogP contribution in [0.2, 0.25) is 0 Å². The Morgan fingerprint density at radius 1 is 1.47 bits per heavy atom. The number of rotatable bonds is 3. The van der Waals surface area contributed by atoms with Gasteiger partial charge in [-0.2, -0.15) is 0 Å². The van der Waals surface area contributed by atoms with E-state index in [1.165, 1.54) is 0 Å². The van der Waals surface area contributed by atoms with E-state index in [0.29, 0.717) is 0 Å². The molecule has 0 aromatic rings. The molecule has 4 atom stereocenters. The van der Waals surface area contributed by atoms with Gasteiger partial charge in [-0.3, -0.25) is 4.79 Å². The number of hydrogen-bond acceptors (Lipinski definition) is 7. The van der Waals surface area contributed by atoms with E-state index in [2.05, 4.69) is 4.74 Å². The van der Waals surface area contributed by atoms with E-state index in [0.717, 1.165) is 6.92 Å². The Bertz CT molecular complexity index is 243. The second kappa shape index (κ2) is 4.42. The van der Waals surface area contributed by atoms with Crippen LogP contribution in [0.4, 0.5) is 0 Å². The summed E-state index contributed by atoms with van der Waals surface area (Å²) in [5, 5.41) is 36.7. The molecule has 88 valence electrons. The molecule has 1 aliphatic rings. The molecule has 0 aromatic heterocycles. The smallest absolute Gasteiger partial charge is 0.305 e. The summed E-state index contributed by atoms with van der Waals surface area (Å²) in [6.45, 7) is -0.283. The molecule has 1 aliphatic heterocycles. The summed E-state index contributed by atoms with van der Waals surface area (Å²) in [5.74, 6) is -2.76. The van der Waals surface area contributed by atoms with Crippen LogP contribution in [-0.2, 0) is 14.3 Å². The maximum absolute atomic E-state index is 10.7. The zero-order chi connectivity index (χ0) is 11.6. The van der Waals surface area contributed by atoms with E-state index in [4.69, 9.17) is 14.9 Å². The highest BCUT2D eigenvalue weighted by Crippen LogP contribution is 2.32. The van der Waals surface area contributed by atoms with Gasteiger partial charge in [-0.25, -0.2) is 0 Å². The molecular formula is C8H14O7. The zero-order valence-electron chi connectivity index (χ0n) is 8.16. The lowest BCUT2D eigenvalue weighted by Crippen LogP contribution is -2.49. The minimum absolute atomic E-state index is 0.554. The van der Waals surface area contributed by atoms with Crippen LogP contribution in [0.25, 0.3) is 0 Å². The van der Waals surface area contributed by atoms with Crippen molar-refractivity contribution >= 4 is 5.97 Å². The maximum atomic E-state index is 10.7. The van der Waals surface area contributed by atoms with Crippen LogP contribution in [0.3, 0.4) is 0 Å². The second-order valence-electron chi connectivity index (χ2n) is 3.34. The van der Waals surface area contributed by atoms with Crippen LogP contribution >= 0.6 is 0 Å². The third-order valence-corrected chi connectivity index (χ3v) is 2.22. The SMILES string of the molecule is CC(=O)O[C@]1(CO)O[C@H](CO)[C@@H](O)[C@@H]1O. The molecule has 1 fully saturated rings. The quantitative estimate of drug-likeness (QED) is 0.385. The molecule has 0 bridgehead atoms. The number of hydrogen-bond donors (Lipinski definition) is 4. The number of aliphatic hydroxyl groups is 4. The molecule has 1 heterocycles. The average Bonchev–Trinajstić information content (AvgIpc) is 2.42. The predicted molar refractivity (Wildman–Crippen MR) is 45.6 cm³/mol. The fourth-order valence-electron chi connectivity index (χ4n) is 1.50. The van der Waals surface area contributed by atoms with E-state index >= 15 is 0 Å². The Hall–Kier alpha value is -0.730. The van der Waals surface area contributed by atoms with Crippen molar-refractivity contribution in [1.29, 1.82) is 0 Å². The van der Waals surface area contributed by atoms with Crippen molar-refractivity contribution in [3.8, 4) is 0 Å². The molecule has 0 aromatic carbocycles. The van der Waals surface area contributed by atoms with Crippen LogP contribution in [-0.4, -0.2) is 63.7 Å². The van der Waals surface area contributed by atoms with Crippen molar-refractivity contribution in [2.45, 2.75) is 31.0 Å². The van der Waals surface area contributed by atoms with Crippen molar-refractivity contribution in [2.75, 3.05) is 13.2 Å². The number of ether oxygens (including phenoxy) is 2. The minimum atomic E-state index is -1.99. The van der Waals surface area contributed by atoms with E-state index < -0.39 is 43.3 Å². The molecule has 1 rings (SSSR count). The van der Waals surface area contributed by atoms with Crippen LogP contribution < -0.4 is 0 Å². The largest absolute Gasteiger partial charge is 0.428 e. The molecule has 0 spiro atoms. The summed E-state index contributed by atoms with van der Waals surface area (Å²) in [5.41, 5.74) is 0. The Labute approximate surface area is 85.9 Å². The van der Waals surface area contributed by atoms with Gasteiger partial charge in [-0.15, -0.1) is 0 Å². The first-order valence-corrected chi connectivity index (χ1v) is 4.42. The van der Waals surface area contributed by atoms with Gasteiger partial charge in [0.05, 0.1) is 6.61 Å². The zero-order valence-corrected chi connectivity index (χ0v) is 8.16. The lowest BCUT2D eigenvalue weighted by atomic mass is 10.1. The van der Waals surface area contributed by atoms with Gasteiger partial charge in [0.25, 0.3) is 5.79 Å². The number of aliphatic hydroxyl groups excluding tert-OH is 4. The number of esters is 1. The molecule has 0 aliphatic carbocycles. The standard InChI is InChI=1S/C8H14O7/c1-4(11)14-8(3-10)7(13)6(12)5(2-9)15-8/h5-7,9-10,12-13H,2-3H2,1H3/t5-,6-,7+,8-/m1/s1. The van der Waals surface area contributed by atoms with E-state index in [1.54, 1.807) is 0 Å². The molecule has 7 nitrogen and oxygen atoms in total. The van der Waals surface area contributed by atoms with Crippen LogP contribution in [0.1, 0.15) is 6.92 Å². The summed E-state index contributed by atoms with van der Waals surface area (Å²) in [6.07, 6.45) is -4.10. The summed E-state index contributed by atoms with van der Waals surface area (Å²) < 4.78 is 9.57. The van der Waals surface area contributed by atoms with Gasteiger partial charge in [0, 0.05) is 6.92 Å². The summed E-state index contributed by atoms with van der Waals surface area (Å²) in [6, 6.07) is 0. The Morgan fingerprint density at radius 3 is 2.40 bits per heavy atom. The normalized spacial score (nSPS) is 40.5. The van der Waals surface area contributed by atoms with Crippen molar-refractivity contribution in [2.24, 2.45) is 0 Å². The van der Waals surface area contributed by atoms with Crippen molar-refractivity contribution in [1.82, 2.24) is 0 Å². The maximum Gasteiger partial charge on any atom is 0.305 e. The van der Waals surface area contributed by atoms with Gasteiger partial charge in [-0.1, -0.05) is 0 Å². The first kappa shape index (κ1) is 12.3. The highest BCUT2D eigenvalue weighted by molar-refractivity contribution is 5.66. The highest BCUT2D eigenvalue weighted by atomic mass is 16.8. The van der Waals surface area contributed by atoms with E-state index in [-0.39, 0.29) is 0 Å². The third-order valence-electron chi connectivity index (χ3n) is 2.22. The Morgan fingerprint density at radius 2 is 2.07 bits per heavy atom. The molecule has 7 heteroatoms. The van der Waals surface area contributed by atoms with Gasteiger partial charge >= 0.3 is 5.97 Å². The van der Waals surface area contributed by atoms with Gasteiger partial charge in [0.2, 0.25) is 0 Å². The summed E-state index contributed by atoms with van der Waals surface area (Å²) in [7, 11) is 0. The molecule has 0 saturated carbocycles. The number of carbonyl (C=O) groups excluding carboxylic acids is 1. The number of carbonyl (C=O) groups is 1. The van der Waals surface area contributed by atoms with Crippen molar-refractivity contribution in [3.05, 3.63) is 0 Å². The van der Waals surface area contributed by atoms with E-state index in [9.17, 15) is 15.0 Å². The van der Waals surface area contributed by atoms with Gasteiger partial charge in [0.15, 0.2) is 6.10 Å². The van der Waals surface area contributed by atoms with Crippen LogP contribution in [0.15, 0.2) is 0 Å². The molecule has 0 unspecified atom stereocenters. The van der Waals surface area contributed by atoms with Gasteiger partial charge in [0.1, 0.15) is 18.8 Å². The molecule has 15 heavy (non-hydrogen) atoms. The Balaban J connectivity index is 2.86. The van der Waals surface area contributed by atoms with E-state index in [1.807, 2.05) is 0 Å². The van der Waals surface area contributed by atoms with Crippen molar-refractivity contribution in [3.63, 3.8) is 0 Å². The molecular weight excluding hydrogens is 208 g/mol. The fraction of sp³-hybridized carbons (Fsp3) is 0.875. The lowest BCUT2D eigenvalue weighted by Gasteiger charge is -2.28. The minimum Gasteiger partial charge on any atom is -0.428 e. The summed E-state index contributed by atoms with van der Waals surface area (Å²) >= 11 is 0. The first-order valence-electron chi connectivity index (χ1n) is 4.42. The first-order chi connectivity index (χ1) is 6.96. The van der Waals surface area contributed by atoms with Crippen LogP contribution in [0, 0.1) is 0 Å². The topological polar surface area (TPSA) is 116 Å². The molecule has 1 saturated heterocycles. The third kappa shape index (κ3) is 2.11. The van der Waals surface area contributed by atoms with Gasteiger partial charge in [-0.05, 0) is 0 Å². The molecule has 0 amide bonds. The van der Waals surface area contributed by atoms with Gasteiger partial charge < -0.3 is 29.9 Å².